The highest BCUT2D eigenvalue weighted by molar-refractivity contribution is 9.10. The van der Waals surface area contributed by atoms with Gasteiger partial charge in [-0.15, -0.1) is 0 Å². The van der Waals surface area contributed by atoms with Gasteiger partial charge < -0.3 is 10.5 Å². The lowest BCUT2D eigenvalue weighted by Gasteiger charge is -2.02. The van der Waals surface area contributed by atoms with Crippen LogP contribution in [-0.4, -0.2) is 16.5 Å². The summed E-state index contributed by atoms with van der Waals surface area (Å²) in [5.41, 5.74) is 6.57. The van der Waals surface area contributed by atoms with Gasteiger partial charge in [0.25, 0.3) is 0 Å². The Kier molecular flexibility index (Phi) is 2.43. The van der Waals surface area contributed by atoms with E-state index >= 15 is 0 Å². The molecule has 5 heteroatoms. The molecule has 0 saturated heterocycles. The van der Waals surface area contributed by atoms with Gasteiger partial charge in [-0.25, -0.2) is 4.98 Å². The number of aromatic nitrogens is 2. The number of nitrogens with zero attached hydrogens (tertiary/aromatic N) is 2. The van der Waals surface area contributed by atoms with E-state index in [1.54, 1.807) is 7.11 Å². The molecule has 74 valence electrons. The lowest BCUT2D eigenvalue weighted by Crippen LogP contribution is -2.02. The molecular weight excluding hydrogens is 246 g/mol. The lowest BCUT2D eigenvalue weighted by molar-refractivity contribution is 0.412. The van der Waals surface area contributed by atoms with Crippen molar-refractivity contribution in [3.63, 3.8) is 0 Å². The molecule has 0 unspecified atom stereocenters. The summed E-state index contributed by atoms with van der Waals surface area (Å²) in [4.78, 5) is 4.28. The van der Waals surface area contributed by atoms with Crippen molar-refractivity contribution >= 4 is 21.4 Å². The molecule has 0 bridgehead atoms. The largest absolute Gasteiger partial charge is 0.495 e. The van der Waals surface area contributed by atoms with Crippen molar-refractivity contribution in [2.45, 2.75) is 6.54 Å². The van der Waals surface area contributed by atoms with Crippen molar-refractivity contribution in [3.05, 3.63) is 28.8 Å². The second-order valence-corrected chi connectivity index (χ2v) is 3.60. The molecule has 14 heavy (non-hydrogen) atoms. The van der Waals surface area contributed by atoms with Crippen molar-refractivity contribution in [2.24, 2.45) is 5.73 Å². The number of hydrogen-bond acceptors (Lipinski definition) is 3. The normalized spacial score (nSPS) is 10.8. The molecule has 2 aromatic rings. The monoisotopic (exact) mass is 255 g/mol. The molecule has 2 heterocycles. The second kappa shape index (κ2) is 3.59. The first-order valence-corrected chi connectivity index (χ1v) is 4.96. The highest BCUT2D eigenvalue weighted by Crippen LogP contribution is 2.21. The first kappa shape index (κ1) is 9.48. The van der Waals surface area contributed by atoms with Gasteiger partial charge in [0.15, 0.2) is 0 Å². The predicted octanol–water partition coefficient (Wildman–Crippen LogP) is 1.56. The number of imidazole rings is 1. The molecule has 2 N–H and O–H groups in total. The average molecular weight is 256 g/mol. The molecule has 4 nitrogen and oxygen atoms in total. The minimum Gasteiger partial charge on any atom is -0.495 e. The van der Waals surface area contributed by atoms with Crippen LogP contribution in [0, 0.1) is 0 Å². The van der Waals surface area contributed by atoms with Crippen LogP contribution < -0.4 is 10.5 Å². The van der Waals surface area contributed by atoms with Crippen LogP contribution in [0.2, 0.25) is 0 Å². The van der Waals surface area contributed by atoms with Gasteiger partial charge in [-0.3, -0.25) is 4.40 Å². The van der Waals surface area contributed by atoms with Crippen LogP contribution in [0.4, 0.5) is 0 Å². The van der Waals surface area contributed by atoms with Gasteiger partial charge in [-0.2, -0.15) is 0 Å². The number of hydrogen-bond donors (Lipinski definition) is 1. The standard InChI is InChI=1S/C9H10BrN3O/c1-14-6-2-3-7-9(10)12-8(4-11)13(7)5-6/h2-3,5H,4,11H2,1H3. The van der Waals surface area contributed by atoms with Crippen molar-refractivity contribution in [2.75, 3.05) is 7.11 Å². The van der Waals surface area contributed by atoms with Crippen LogP contribution >= 0.6 is 15.9 Å². The van der Waals surface area contributed by atoms with E-state index in [1.807, 2.05) is 22.7 Å². The molecule has 0 aliphatic carbocycles. The smallest absolute Gasteiger partial charge is 0.135 e. The van der Waals surface area contributed by atoms with Gasteiger partial charge in [-0.1, -0.05) is 0 Å². The van der Waals surface area contributed by atoms with Crippen molar-refractivity contribution in [1.29, 1.82) is 0 Å². The highest BCUT2D eigenvalue weighted by atomic mass is 79.9. The number of fused-ring (bicyclic) bond motifs is 1. The third-order valence-electron chi connectivity index (χ3n) is 2.06. The highest BCUT2D eigenvalue weighted by Gasteiger charge is 2.07. The third-order valence-corrected chi connectivity index (χ3v) is 2.64. The van der Waals surface area contributed by atoms with E-state index in [2.05, 4.69) is 20.9 Å². The molecule has 0 spiro atoms. The molecule has 0 aliphatic heterocycles. The van der Waals surface area contributed by atoms with Gasteiger partial charge in [0.1, 0.15) is 16.2 Å². The minimum absolute atomic E-state index is 0.403. The fraction of sp³-hybridized carbons (Fsp3) is 0.222. The quantitative estimate of drug-likeness (QED) is 0.887. The van der Waals surface area contributed by atoms with E-state index in [0.29, 0.717) is 6.54 Å². The number of nitrogens with two attached hydrogens (primary N) is 1. The zero-order valence-electron chi connectivity index (χ0n) is 7.70. The molecule has 0 atom stereocenters. The number of methoxy groups -OCH3 is 1. The molecule has 2 rings (SSSR count). The minimum atomic E-state index is 0.403. The summed E-state index contributed by atoms with van der Waals surface area (Å²) in [6, 6.07) is 3.83. The van der Waals surface area contributed by atoms with Crippen molar-refractivity contribution in [1.82, 2.24) is 9.38 Å². The SMILES string of the molecule is COc1ccc2c(Br)nc(CN)n2c1. The van der Waals surface area contributed by atoms with Gasteiger partial charge in [0.05, 0.1) is 25.4 Å². The summed E-state index contributed by atoms with van der Waals surface area (Å²) in [5.74, 6) is 1.60. The summed E-state index contributed by atoms with van der Waals surface area (Å²) in [6.45, 7) is 0.403. The Morgan fingerprint density at radius 3 is 3.00 bits per heavy atom. The van der Waals surface area contributed by atoms with E-state index in [4.69, 9.17) is 10.5 Å². The summed E-state index contributed by atoms with van der Waals surface area (Å²) in [6.07, 6.45) is 1.87. The van der Waals surface area contributed by atoms with E-state index in [9.17, 15) is 0 Å². The lowest BCUT2D eigenvalue weighted by atomic mass is 10.4. The summed E-state index contributed by atoms with van der Waals surface area (Å²) < 4.78 is 7.85. The summed E-state index contributed by atoms with van der Waals surface area (Å²) in [7, 11) is 1.63. The van der Waals surface area contributed by atoms with Gasteiger partial charge >= 0.3 is 0 Å². The van der Waals surface area contributed by atoms with Crippen LogP contribution in [0.1, 0.15) is 5.82 Å². The molecular formula is C9H10BrN3O. The summed E-state index contributed by atoms with van der Waals surface area (Å²) in [5, 5.41) is 0. The molecule has 0 saturated carbocycles. The molecule has 0 amide bonds. The Bertz CT molecular complexity index is 466. The van der Waals surface area contributed by atoms with Crippen LogP contribution in [0.25, 0.3) is 5.52 Å². The second-order valence-electron chi connectivity index (χ2n) is 2.85. The Labute approximate surface area is 89.8 Å². The number of ether oxygens (including phenoxy) is 1. The Balaban J connectivity index is 2.71. The zero-order chi connectivity index (χ0) is 10.1. The Morgan fingerprint density at radius 1 is 1.57 bits per heavy atom. The first-order valence-electron chi connectivity index (χ1n) is 4.17. The maximum Gasteiger partial charge on any atom is 0.135 e. The Morgan fingerprint density at radius 2 is 2.36 bits per heavy atom. The van der Waals surface area contributed by atoms with Crippen LogP contribution in [0.3, 0.4) is 0 Å². The van der Waals surface area contributed by atoms with Gasteiger partial charge in [-0.05, 0) is 28.1 Å². The number of pyridine rings is 1. The molecule has 2 aromatic heterocycles. The van der Waals surface area contributed by atoms with E-state index < -0.39 is 0 Å². The number of halogens is 1. The number of rotatable bonds is 2. The van der Waals surface area contributed by atoms with E-state index in [-0.39, 0.29) is 0 Å². The topological polar surface area (TPSA) is 52.5 Å². The van der Waals surface area contributed by atoms with Gasteiger partial charge in [0.2, 0.25) is 0 Å². The zero-order valence-corrected chi connectivity index (χ0v) is 9.28. The van der Waals surface area contributed by atoms with Gasteiger partial charge in [0, 0.05) is 0 Å². The van der Waals surface area contributed by atoms with E-state index in [1.165, 1.54) is 0 Å². The molecule has 0 aromatic carbocycles. The maximum absolute atomic E-state index is 5.58. The fourth-order valence-corrected chi connectivity index (χ4v) is 1.88. The Hall–Kier alpha value is -1.07. The summed E-state index contributed by atoms with van der Waals surface area (Å²) >= 11 is 3.38. The first-order chi connectivity index (χ1) is 6.76. The van der Waals surface area contributed by atoms with Crippen molar-refractivity contribution in [3.8, 4) is 5.75 Å². The average Bonchev–Trinajstić information content (AvgIpc) is 2.55. The van der Waals surface area contributed by atoms with Crippen LogP contribution in [-0.2, 0) is 6.54 Å². The molecule has 0 radical (unpaired) electrons. The fourth-order valence-electron chi connectivity index (χ4n) is 1.35. The third kappa shape index (κ3) is 1.38. The van der Waals surface area contributed by atoms with Crippen LogP contribution in [0.5, 0.6) is 5.75 Å². The van der Waals surface area contributed by atoms with Crippen molar-refractivity contribution < 1.29 is 4.74 Å². The molecule has 0 aliphatic rings. The molecule has 0 fully saturated rings. The predicted molar refractivity (Wildman–Crippen MR) is 57.3 cm³/mol. The maximum atomic E-state index is 5.58. The van der Waals surface area contributed by atoms with E-state index in [0.717, 1.165) is 21.7 Å². The van der Waals surface area contributed by atoms with Crippen LogP contribution in [0.15, 0.2) is 22.9 Å².